The van der Waals surface area contributed by atoms with E-state index in [0.717, 1.165) is 11.5 Å². The van der Waals surface area contributed by atoms with Crippen LogP contribution in [0.2, 0.25) is 0 Å². The number of nitrogens with one attached hydrogen (secondary N) is 1. The van der Waals surface area contributed by atoms with Gasteiger partial charge in [0.25, 0.3) is 11.6 Å². The first kappa shape index (κ1) is 18.2. The Balaban J connectivity index is 1.57. The van der Waals surface area contributed by atoms with Gasteiger partial charge in [-0.1, -0.05) is 18.2 Å². The van der Waals surface area contributed by atoms with E-state index in [1.165, 1.54) is 17.8 Å². The lowest BCUT2D eigenvalue weighted by Gasteiger charge is -2.11. The number of para-hydroxylation sites is 1. The van der Waals surface area contributed by atoms with E-state index < -0.39 is 29.4 Å². The molecule has 0 aliphatic heterocycles. The van der Waals surface area contributed by atoms with Gasteiger partial charge in [-0.15, -0.1) is 0 Å². The monoisotopic (exact) mass is 371 g/mol. The summed E-state index contributed by atoms with van der Waals surface area (Å²) in [7, 11) is 1.48. The number of hydrogen-bond acceptors (Lipinski definition) is 6. The zero-order chi connectivity index (χ0) is 19.6. The van der Waals surface area contributed by atoms with Gasteiger partial charge < -0.3 is 19.0 Å². The number of benzene rings is 1. The van der Waals surface area contributed by atoms with Crippen molar-refractivity contribution < 1.29 is 23.7 Å². The third-order valence-electron chi connectivity index (χ3n) is 3.99. The van der Waals surface area contributed by atoms with Crippen molar-refractivity contribution >= 4 is 28.5 Å². The van der Waals surface area contributed by atoms with E-state index in [1.807, 2.05) is 30.3 Å². The standard InChI is InChI=1S/C18H17N3O6/c1-11(16-7-12-5-3-4-6-15(12)27-16)19-17(22)10-26-18(23)14-8-13(21(24)25)9-20(14)2/h3-9,11H,10H2,1-2H3,(H,19,22). The van der Waals surface area contributed by atoms with Crippen LogP contribution in [0, 0.1) is 10.1 Å². The average molecular weight is 371 g/mol. The lowest BCUT2D eigenvalue weighted by Crippen LogP contribution is -2.31. The van der Waals surface area contributed by atoms with Crippen molar-refractivity contribution in [3.63, 3.8) is 0 Å². The fourth-order valence-corrected chi connectivity index (χ4v) is 2.62. The summed E-state index contributed by atoms with van der Waals surface area (Å²) in [6.07, 6.45) is 1.19. The summed E-state index contributed by atoms with van der Waals surface area (Å²) < 4.78 is 11.9. The Labute approximate surface area is 153 Å². The summed E-state index contributed by atoms with van der Waals surface area (Å²) in [5.41, 5.74) is 0.470. The van der Waals surface area contributed by atoms with E-state index in [1.54, 1.807) is 6.92 Å². The zero-order valence-corrected chi connectivity index (χ0v) is 14.7. The second kappa shape index (κ2) is 7.32. The van der Waals surface area contributed by atoms with E-state index in [-0.39, 0.29) is 11.4 Å². The van der Waals surface area contributed by atoms with Gasteiger partial charge in [-0.2, -0.15) is 0 Å². The van der Waals surface area contributed by atoms with E-state index in [0.29, 0.717) is 11.3 Å². The number of aryl methyl sites for hydroxylation is 1. The molecule has 9 heteroatoms. The fourth-order valence-electron chi connectivity index (χ4n) is 2.62. The summed E-state index contributed by atoms with van der Waals surface area (Å²) in [6, 6.07) is 9.97. The molecule has 1 N–H and O–H groups in total. The highest BCUT2D eigenvalue weighted by atomic mass is 16.6. The van der Waals surface area contributed by atoms with Crippen molar-refractivity contribution in [2.45, 2.75) is 13.0 Å². The topological polar surface area (TPSA) is 117 Å². The van der Waals surface area contributed by atoms with Gasteiger partial charge in [0, 0.05) is 18.5 Å². The number of esters is 1. The van der Waals surface area contributed by atoms with Crippen LogP contribution in [0.1, 0.15) is 29.2 Å². The van der Waals surface area contributed by atoms with Crippen LogP contribution >= 0.6 is 0 Å². The molecule has 0 saturated carbocycles. The van der Waals surface area contributed by atoms with Crippen molar-refractivity contribution in [2.24, 2.45) is 7.05 Å². The van der Waals surface area contributed by atoms with Crippen LogP contribution in [0.5, 0.6) is 0 Å². The Morgan fingerprint density at radius 1 is 1.33 bits per heavy atom. The highest BCUT2D eigenvalue weighted by Crippen LogP contribution is 2.23. The van der Waals surface area contributed by atoms with Crippen LogP contribution < -0.4 is 5.32 Å². The lowest BCUT2D eigenvalue weighted by atomic mass is 10.2. The first-order valence-electron chi connectivity index (χ1n) is 8.11. The molecule has 0 radical (unpaired) electrons. The second-order valence-electron chi connectivity index (χ2n) is 6.00. The first-order valence-corrected chi connectivity index (χ1v) is 8.11. The molecule has 0 fully saturated rings. The number of ether oxygens (including phenoxy) is 1. The van der Waals surface area contributed by atoms with E-state index in [9.17, 15) is 19.7 Å². The molecule has 3 aromatic rings. The maximum absolute atomic E-state index is 12.0. The van der Waals surface area contributed by atoms with Gasteiger partial charge in [-0.25, -0.2) is 4.79 Å². The van der Waals surface area contributed by atoms with Gasteiger partial charge in [-0.05, 0) is 19.1 Å². The largest absolute Gasteiger partial charge is 0.459 e. The predicted molar refractivity (Wildman–Crippen MR) is 95.1 cm³/mol. The van der Waals surface area contributed by atoms with Crippen LogP contribution in [-0.2, 0) is 16.6 Å². The molecule has 1 atom stereocenters. The molecule has 0 saturated heterocycles. The molecule has 0 spiro atoms. The second-order valence-corrected chi connectivity index (χ2v) is 6.00. The Morgan fingerprint density at radius 3 is 2.74 bits per heavy atom. The maximum Gasteiger partial charge on any atom is 0.355 e. The Hall–Kier alpha value is -3.62. The summed E-state index contributed by atoms with van der Waals surface area (Å²) in [4.78, 5) is 34.2. The molecule has 2 heterocycles. The molecule has 1 aromatic carbocycles. The molecule has 0 aliphatic rings. The molecule has 0 bridgehead atoms. The Kier molecular flexibility index (Phi) is 4.93. The number of fused-ring (bicyclic) bond motifs is 1. The number of nitro groups is 1. The van der Waals surface area contributed by atoms with Crippen molar-refractivity contribution in [1.29, 1.82) is 0 Å². The highest BCUT2D eigenvalue weighted by Gasteiger charge is 2.20. The van der Waals surface area contributed by atoms with E-state index in [4.69, 9.17) is 9.15 Å². The van der Waals surface area contributed by atoms with Crippen LogP contribution in [0.25, 0.3) is 11.0 Å². The van der Waals surface area contributed by atoms with Crippen LogP contribution in [0.15, 0.2) is 47.0 Å². The molecule has 3 rings (SSSR count). The minimum Gasteiger partial charge on any atom is -0.459 e. The number of hydrogen-bond donors (Lipinski definition) is 1. The van der Waals surface area contributed by atoms with Gasteiger partial charge in [0.05, 0.1) is 17.2 Å². The van der Waals surface area contributed by atoms with Crippen molar-refractivity contribution in [1.82, 2.24) is 9.88 Å². The van der Waals surface area contributed by atoms with Gasteiger partial charge in [-0.3, -0.25) is 14.9 Å². The van der Waals surface area contributed by atoms with Gasteiger partial charge >= 0.3 is 5.97 Å². The number of furan rings is 1. The van der Waals surface area contributed by atoms with Gasteiger partial charge in [0.1, 0.15) is 17.0 Å². The number of carbonyl (C=O) groups excluding carboxylic acids is 2. The Morgan fingerprint density at radius 2 is 2.07 bits per heavy atom. The normalized spacial score (nSPS) is 11.9. The smallest absolute Gasteiger partial charge is 0.355 e. The van der Waals surface area contributed by atoms with Crippen molar-refractivity contribution in [3.8, 4) is 0 Å². The number of rotatable bonds is 6. The SMILES string of the molecule is CC(NC(=O)COC(=O)c1cc([N+](=O)[O-])cn1C)c1cc2ccccc2o1. The Bertz CT molecular complexity index is 986. The molecule has 1 amide bonds. The molecule has 2 aromatic heterocycles. The molecule has 27 heavy (non-hydrogen) atoms. The molecule has 140 valence electrons. The third kappa shape index (κ3) is 3.97. The number of amides is 1. The third-order valence-corrected chi connectivity index (χ3v) is 3.99. The summed E-state index contributed by atoms with van der Waals surface area (Å²) in [5.74, 6) is -0.758. The summed E-state index contributed by atoms with van der Waals surface area (Å²) in [6.45, 7) is 1.24. The van der Waals surface area contributed by atoms with E-state index in [2.05, 4.69) is 5.32 Å². The van der Waals surface area contributed by atoms with Gasteiger partial charge in [0.15, 0.2) is 6.61 Å². The quantitative estimate of drug-likeness (QED) is 0.404. The molecular formula is C18H17N3O6. The van der Waals surface area contributed by atoms with Crippen molar-refractivity contribution in [2.75, 3.05) is 6.61 Å². The van der Waals surface area contributed by atoms with Crippen LogP contribution in [0.3, 0.4) is 0 Å². The molecular weight excluding hydrogens is 354 g/mol. The predicted octanol–water partition coefficient (Wildman–Crippen LogP) is 2.71. The molecule has 0 aliphatic carbocycles. The van der Waals surface area contributed by atoms with Gasteiger partial charge in [0.2, 0.25) is 0 Å². The van der Waals surface area contributed by atoms with Crippen molar-refractivity contribution in [3.05, 3.63) is 64.2 Å². The first-order chi connectivity index (χ1) is 12.8. The minimum atomic E-state index is -0.822. The van der Waals surface area contributed by atoms with Crippen LogP contribution in [0.4, 0.5) is 5.69 Å². The number of nitrogens with zero attached hydrogens (tertiary/aromatic N) is 2. The fraction of sp³-hybridized carbons (Fsp3) is 0.222. The summed E-state index contributed by atoms with van der Waals surface area (Å²) in [5, 5.41) is 14.3. The summed E-state index contributed by atoms with van der Waals surface area (Å²) >= 11 is 0. The zero-order valence-electron chi connectivity index (χ0n) is 14.7. The average Bonchev–Trinajstić information content (AvgIpc) is 3.23. The minimum absolute atomic E-state index is 0.0140. The molecule has 1 unspecified atom stereocenters. The maximum atomic E-state index is 12.0. The highest BCUT2D eigenvalue weighted by molar-refractivity contribution is 5.90. The molecule has 9 nitrogen and oxygen atoms in total. The van der Waals surface area contributed by atoms with E-state index >= 15 is 0 Å². The number of carbonyl (C=O) groups is 2. The number of aromatic nitrogens is 1. The van der Waals surface area contributed by atoms with Crippen LogP contribution in [-0.4, -0.2) is 28.0 Å². The lowest BCUT2D eigenvalue weighted by molar-refractivity contribution is -0.384.